The molecule has 0 aliphatic heterocycles. The fourth-order valence-electron chi connectivity index (χ4n) is 1.24. The molecular formula is C9H17N3O2. The van der Waals surface area contributed by atoms with Crippen LogP contribution in [0.5, 0.6) is 0 Å². The normalized spacial score (nSPS) is 17.4. The Labute approximate surface area is 83.6 Å². The highest BCUT2D eigenvalue weighted by molar-refractivity contribution is 5.92. The second-order valence-electron chi connectivity index (χ2n) is 3.65. The van der Waals surface area contributed by atoms with Crippen LogP contribution in [0.1, 0.15) is 19.8 Å². The molecule has 0 aromatic rings. The van der Waals surface area contributed by atoms with Gasteiger partial charge in [-0.15, -0.1) is 0 Å². The highest BCUT2D eigenvalue weighted by Gasteiger charge is 2.48. The summed E-state index contributed by atoms with van der Waals surface area (Å²) in [7, 11) is 1.55. The summed E-state index contributed by atoms with van der Waals surface area (Å²) in [6.45, 7) is 2.46. The SMILES string of the molecule is CCN(CC(=O)NC)C(=O)C1(N)CC1. The van der Waals surface area contributed by atoms with Crippen molar-refractivity contribution in [3.8, 4) is 0 Å². The molecule has 5 nitrogen and oxygen atoms in total. The van der Waals surface area contributed by atoms with Crippen LogP contribution in [0.4, 0.5) is 0 Å². The smallest absolute Gasteiger partial charge is 0.243 e. The molecule has 14 heavy (non-hydrogen) atoms. The average molecular weight is 199 g/mol. The van der Waals surface area contributed by atoms with Gasteiger partial charge in [-0.2, -0.15) is 0 Å². The molecule has 1 rings (SSSR count). The number of amides is 2. The molecule has 0 aromatic heterocycles. The first-order valence-corrected chi connectivity index (χ1v) is 4.82. The summed E-state index contributed by atoms with van der Waals surface area (Å²) in [6, 6.07) is 0. The third kappa shape index (κ3) is 2.23. The van der Waals surface area contributed by atoms with Crippen LogP contribution in [0.25, 0.3) is 0 Å². The highest BCUT2D eigenvalue weighted by atomic mass is 16.2. The summed E-state index contributed by atoms with van der Waals surface area (Å²) in [6.07, 6.45) is 1.46. The Hall–Kier alpha value is -1.10. The van der Waals surface area contributed by atoms with Crippen LogP contribution in [0.3, 0.4) is 0 Å². The molecule has 0 heterocycles. The first kappa shape index (κ1) is 11.0. The summed E-state index contributed by atoms with van der Waals surface area (Å²) in [4.78, 5) is 24.3. The molecule has 3 N–H and O–H groups in total. The molecule has 0 aromatic carbocycles. The van der Waals surface area contributed by atoms with Crippen LogP contribution in [-0.2, 0) is 9.59 Å². The predicted molar refractivity (Wildman–Crippen MR) is 52.5 cm³/mol. The third-order valence-electron chi connectivity index (χ3n) is 2.50. The number of nitrogens with one attached hydrogen (secondary N) is 1. The van der Waals surface area contributed by atoms with Crippen molar-refractivity contribution < 1.29 is 9.59 Å². The van der Waals surface area contributed by atoms with E-state index in [1.165, 1.54) is 4.90 Å². The molecule has 0 unspecified atom stereocenters. The van der Waals surface area contributed by atoms with Crippen LogP contribution in [0.2, 0.25) is 0 Å². The molecular weight excluding hydrogens is 182 g/mol. The van der Waals surface area contributed by atoms with Gasteiger partial charge in [0.25, 0.3) is 0 Å². The molecule has 1 aliphatic rings. The second-order valence-corrected chi connectivity index (χ2v) is 3.65. The van der Waals surface area contributed by atoms with E-state index >= 15 is 0 Å². The monoisotopic (exact) mass is 199 g/mol. The summed E-state index contributed by atoms with van der Waals surface area (Å²) in [5, 5.41) is 2.48. The van der Waals surface area contributed by atoms with Crippen molar-refractivity contribution in [1.82, 2.24) is 10.2 Å². The number of carbonyl (C=O) groups is 2. The van der Waals surface area contributed by atoms with E-state index in [0.29, 0.717) is 6.54 Å². The standard InChI is InChI=1S/C9H17N3O2/c1-3-12(6-7(13)11-2)8(14)9(10)4-5-9/h3-6,10H2,1-2H3,(H,11,13). The number of carbonyl (C=O) groups excluding carboxylic acids is 2. The fourth-order valence-corrected chi connectivity index (χ4v) is 1.24. The van der Waals surface area contributed by atoms with E-state index in [9.17, 15) is 9.59 Å². The summed E-state index contributed by atoms with van der Waals surface area (Å²) in [5.74, 6) is -0.270. The molecule has 0 spiro atoms. The number of hydrogen-bond donors (Lipinski definition) is 2. The number of rotatable bonds is 4. The van der Waals surface area contributed by atoms with Gasteiger partial charge in [-0.05, 0) is 19.8 Å². The Morgan fingerprint density at radius 3 is 2.43 bits per heavy atom. The third-order valence-corrected chi connectivity index (χ3v) is 2.50. The topological polar surface area (TPSA) is 75.4 Å². The van der Waals surface area contributed by atoms with E-state index in [4.69, 9.17) is 5.73 Å². The lowest BCUT2D eigenvalue weighted by Crippen LogP contribution is -2.48. The number of hydrogen-bond acceptors (Lipinski definition) is 3. The Balaban J connectivity index is 2.53. The Morgan fingerprint density at radius 2 is 2.07 bits per heavy atom. The average Bonchev–Trinajstić information content (AvgIpc) is 2.92. The minimum absolute atomic E-state index is 0.102. The highest BCUT2D eigenvalue weighted by Crippen LogP contribution is 2.33. The lowest BCUT2D eigenvalue weighted by molar-refractivity contribution is -0.137. The van der Waals surface area contributed by atoms with E-state index in [1.807, 2.05) is 6.92 Å². The van der Waals surface area contributed by atoms with Crippen LogP contribution >= 0.6 is 0 Å². The van der Waals surface area contributed by atoms with Gasteiger partial charge in [0.2, 0.25) is 11.8 Å². The molecule has 0 saturated heterocycles. The maximum absolute atomic E-state index is 11.7. The zero-order chi connectivity index (χ0) is 10.8. The van der Waals surface area contributed by atoms with Crippen molar-refractivity contribution in [2.45, 2.75) is 25.3 Å². The maximum Gasteiger partial charge on any atom is 0.243 e. The van der Waals surface area contributed by atoms with Crippen molar-refractivity contribution in [2.24, 2.45) is 5.73 Å². The minimum Gasteiger partial charge on any atom is -0.358 e. The lowest BCUT2D eigenvalue weighted by Gasteiger charge is -2.23. The minimum atomic E-state index is -0.677. The molecule has 0 radical (unpaired) electrons. The second kappa shape index (κ2) is 3.96. The first-order chi connectivity index (χ1) is 6.53. The van der Waals surface area contributed by atoms with Gasteiger partial charge in [-0.3, -0.25) is 9.59 Å². The maximum atomic E-state index is 11.7. The summed E-state index contributed by atoms with van der Waals surface area (Å²) < 4.78 is 0. The molecule has 2 amide bonds. The zero-order valence-electron chi connectivity index (χ0n) is 8.67. The number of likely N-dealkylation sites (N-methyl/N-ethyl adjacent to an activating group) is 2. The Morgan fingerprint density at radius 1 is 1.50 bits per heavy atom. The van der Waals surface area contributed by atoms with Crippen molar-refractivity contribution in [3.63, 3.8) is 0 Å². The van der Waals surface area contributed by atoms with Crippen molar-refractivity contribution >= 4 is 11.8 Å². The van der Waals surface area contributed by atoms with E-state index in [1.54, 1.807) is 7.05 Å². The Kier molecular flexibility index (Phi) is 3.10. The molecule has 80 valence electrons. The Bertz CT molecular complexity index is 248. The lowest BCUT2D eigenvalue weighted by atomic mass is 10.2. The molecule has 5 heteroatoms. The van der Waals surface area contributed by atoms with Gasteiger partial charge < -0.3 is 16.0 Å². The van der Waals surface area contributed by atoms with Gasteiger partial charge in [-0.25, -0.2) is 0 Å². The largest absolute Gasteiger partial charge is 0.358 e. The van der Waals surface area contributed by atoms with Gasteiger partial charge in [0, 0.05) is 13.6 Å². The van der Waals surface area contributed by atoms with Crippen LogP contribution < -0.4 is 11.1 Å². The summed E-state index contributed by atoms with van der Waals surface area (Å²) in [5.41, 5.74) is 5.08. The quantitative estimate of drug-likeness (QED) is 0.614. The van der Waals surface area contributed by atoms with Crippen LogP contribution in [0.15, 0.2) is 0 Å². The van der Waals surface area contributed by atoms with E-state index in [0.717, 1.165) is 12.8 Å². The van der Waals surface area contributed by atoms with Crippen molar-refractivity contribution in [3.05, 3.63) is 0 Å². The van der Waals surface area contributed by atoms with Crippen LogP contribution in [0, 0.1) is 0 Å². The molecule has 0 atom stereocenters. The van der Waals surface area contributed by atoms with Gasteiger partial charge in [0.05, 0.1) is 12.1 Å². The van der Waals surface area contributed by atoms with Crippen LogP contribution in [-0.4, -0.2) is 42.4 Å². The van der Waals surface area contributed by atoms with E-state index in [2.05, 4.69) is 5.32 Å². The van der Waals surface area contributed by atoms with E-state index in [-0.39, 0.29) is 18.4 Å². The molecule has 0 bridgehead atoms. The zero-order valence-corrected chi connectivity index (χ0v) is 8.67. The van der Waals surface area contributed by atoms with Gasteiger partial charge in [0.1, 0.15) is 0 Å². The fraction of sp³-hybridized carbons (Fsp3) is 0.778. The molecule has 1 fully saturated rings. The van der Waals surface area contributed by atoms with Gasteiger partial charge in [0.15, 0.2) is 0 Å². The molecule has 1 aliphatic carbocycles. The van der Waals surface area contributed by atoms with Crippen molar-refractivity contribution in [1.29, 1.82) is 0 Å². The van der Waals surface area contributed by atoms with Gasteiger partial charge >= 0.3 is 0 Å². The van der Waals surface area contributed by atoms with E-state index < -0.39 is 5.54 Å². The first-order valence-electron chi connectivity index (χ1n) is 4.82. The predicted octanol–water partition coefficient (Wildman–Crippen LogP) is -0.928. The number of nitrogens with two attached hydrogens (primary N) is 1. The van der Waals surface area contributed by atoms with Crippen molar-refractivity contribution in [2.75, 3.05) is 20.1 Å². The summed E-state index contributed by atoms with van der Waals surface area (Å²) >= 11 is 0. The number of nitrogens with zero attached hydrogens (tertiary/aromatic N) is 1. The van der Waals surface area contributed by atoms with Gasteiger partial charge in [-0.1, -0.05) is 0 Å². The molecule has 1 saturated carbocycles.